The fourth-order valence-corrected chi connectivity index (χ4v) is 2.34. The van der Waals surface area contributed by atoms with Crippen molar-refractivity contribution >= 4 is 12.3 Å². The second-order valence-electron chi connectivity index (χ2n) is 6.53. The van der Waals surface area contributed by atoms with E-state index in [1.807, 2.05) is 6.92 Å². The van der Waals surface area contributed by atoms with Crippen LogP contribution in [0.15, 0.2) is 35.8 Å². The van der Waals surface area contributed by atoms with Crippen LogP contribution in [0.4, 0.5) is 4.39 Å². The van der Waals surface area contributed by atoms with Crippen LogP contribution >= 0.6 is 0 Å². The third-order valence-corrected chi connectivity index (χ3v) is 4.11. The largest absolute Gasteiger partial charge is 0.396 e. The molecule has 0 aliphatic rings. The fraction of sp³-hybridized carbons (Fsp3) is 0.500. The number of benzene rings is 1. The van der Waals surface area contributed by atoms with Gasteiger partial charge in [-0.15, -0.1) is 0 Å². The van der Waals surface area contributed by atoms with E-state index < -0.39 is 0 Å². The minimum absolute atomic E-state index is 0.0425. The van der Waals surface area contributed by atoms with Crippen molar-refractivity contribution in [1.82, 2.24) is 20.6 Å². The Morgan fingerprint density at radius 1 is 1.24 bits per heavy atom. The second kappa shape index (κ2) is 13.5. The summed E-state index contributed by atoms with van der Waals surface area (Å²) in [6.45, 7) is 2.96. The molecule has 0 aliphatic heterocycles. The molecular formula is C20H31FN4O4. The van der Waals surface area contributed by atoms with E-state index in [0.29, 0.717) is 26.0 Å². The molecule has 2 amide bonds. The maximum atomic E-state index is 13.1. The van der Waals surface area contributed by atoms with Crippen LogP contribution in [0.5, 0.6) is 0 Å². The van der Waals surface area contributed by atoms with Crippen molar-refractivity contribution in [2.24, 2.45) is 0 Å². The van der Waals surface area contributed by atoms with Crippen molar-refractivity contribution in [3.63, 3.8) is 0 Å². The van der Waals surface area contributed by atoms with Gasteiger partial charge < -0.3 is 20.2 Å². The van der Waals surface area contributed by atoms with E-state index in [2.05, 4.69) is 10.8 Å². The smallest absolute Gasteiger partial charge is 0.273 e. The van der Waals surface area contributed by atoms with Gasteiger partial charge in [0.25, 0.3) is 5.91 Å². The standard InChI is InChI=1S/C20H31FN4O4/c1-4-5-13-29-23-19(25(3)15-27)18(20(28)24(2)11-6-12-26)22-14-16-7-9-17(21)10-8-16/h7-10,15,22-23,26H,4-6,11-14H2,1-3H3/b19-18+. The summed E-state index contributed by atoms with van der Waals surface area (Å²) >= 11 is 0. The summed E-state index contributed by atoms with van der Waals surface area (Å²) in [4.78, 5) is 32.4. The highest BCUT2D eigenvalue weighted by Crippen LogP contribution is 2.10. The first-order chi connectivity index (χ1) is 13.9. The zero-order valence-electron chi connectivity index (χ0n) is 17.3. The number of hydroxylamine groups is 1. The minimum atomic E-state index is -0.379. The quantitative estimate of drug-likeness (QED) is 0.185. The number of amides is 2. The Hall–Kier alpha value is -2.65. The van der Waals surface area contributed by atoms with E-state index in [9.17, 15) is 14.0 Å². The molecule has 8 nitrogen and oxygen atoms in total. The molecule has 1 aromatic rings. The van der Waals surface area contributed by atoms with Crippen LogP contribution in [0.2, 0.25) is 0 Å². The number of halogens is 1. The predicted octanol–water partition coefficient (Wildman–Crippen LogP) is 1.33. The highest BCUT2D eigenvalue weighted by molar-refractivity contribution is 5.93. The number of unbranched alkanes of at least 4 members (excludes halogenated alkanes) is 1. The molecule has 1 aromatic carbocycles. The van der Waals surface area contributed by atoms with E-state index in [-0.39, 0.29) is 36.4 Å². The lowest BCUT2D eigenvalue weighted by Crippen LogP contribution is -2.41. The number of hydrogen-bond donors (Lipinski definition) is 3. The monoisotopic (exact) mass is 410 g/mol. The van der Waals surface area contributed by atoms with Crippen LogP contribution in [0, 0.1) is 5.82 Å². The van der Waals surface area contributed by atoms with Crippen molar-refractivity contribution in [3.05, 3.63) is 47.2 Å². The Balaban J connectivity index is 3.12. The number of likely N-dealkylation sites (N-methyl/N-ethyl adjacent to an activating group) is 1. The Morgan fingerprint density at radius 2 is 1.93 bits per heavy atom. The number of nitrogens with zero attached hydrogens (tertiary/aromatic N) is 2. The molecule has 0 saturated heterocycles. The van der Waals surface area contributed by atoms with E-state index in [4.69, 9.17) is 9.94 Å². The summed E-state index contributed by atoms with van der Waals surface area (Å²) in [5.41, 5.74) is 3.58. The molecule has 0 unspecified atom stereocenters. The molecule has 0 bridgehead atoms. The van der Waals surface area contributed by atoms with Gasteiger partial charge in [0.05, 0.1) is 6.61 Å². The van der Waals surface area contributed by atoms with Crippen LogP contribution in [0.25, 0.3) is 0 Å². The van der Waals surface area contributed by atoms with Gasteiger partial charge in [0, 0.05) is 33.8 Å². The van der Waals surface area contributed by atoms with Crippen molar-refractivity contribution in [2.45, 2.75) is 32.7 Å². The lowest BCUT2D eigenvalue weighted by Gasteiger charge is -2.25. The third-order valence-electron chi connectivity index (χ3n) is 4.11. The summed E-state index contributed by atoms with van der Waals surface area (Å²) in [6.07, 6.45) is 2.73. The number of hydrogen-bond acceptors (Lipinski definition) is 6. The minimum Gasteiger partial charge on any atom is -0.396 e. The van der Waals surface area contributed by atoms with Crippen LogP contribution in [-0.4, -0.2) is 61.1 Å². The van der Waals surface area contributed by atoms with Gasteiger partial charge in [-0.05, 0) is 30.5 Å². The molecule has 29 heavy (non-hydrogen) atoms. The Kier molecular flexibility index (Phi) is 11.4. The Labute approximate surface area is 171 Å². The first-order valence-corrected chi connectivity index (χ1v) is 9.59. The lowest BCUT2D eigenvalue weighted by atomic mass is 10.2. The van der Waals surface area contributed by atoms with Gasteiger partial charge in [0.1, 0.15) is 11.5 Å². The van der Waals surface area contributed by atoms with Crippen LogP contribution in [0.3, 0.4) is 0 Å². The molecule has 162 valence electrons. The molecule has 0 radical (unpaired) electrons. The average Bonchev–Trinajstić information content (AvgIpc) is 2.73. The number of aliphatic hydroxyl groups excluding tert-OH is 1. The maximum Gasteiger partial charge on any atom is 0.273 e. The zero-order chi connectivity index (χ0) is 21.6. The van der Waals surface area contributed by atoms with E-state index in [0.717, 1.165) is 18.4 Å². The second-order valence-corrected chi connectivity index (χ2v) is 6.53. The molecule has 9 heteroatoms. The molecule has 1 rings (SSSR count). The molecule has 0 saturated carbocycles. The van der Waals surface area contributed by atoms with E-state index in [1.165, 1.54) is 29.0 Å². The highest BCUT2D eigenvalue weighted by Gasteiger charge is 2.22. The van der Waals surface area contributed by atoms with Crippen LogP contribution in [-0.2, 0) is 21.0 Å². The zero-order valence-corrected chi connectivity index (χ0v) is 17.3. The average molecular weight is 410 g/mol. The molecular weight excluding hydrogens is 379 g/mol. The predicted molar refractivity (Wildman–Crippen MR) is 107 cm³/mol. The highest BCUT2D eigenvalue weighted by atomic mass is 19.1. The van der Waals surface area contributed by atoms with Gasteiger partial charge in [0.15, 0.2) is 5.82 Å². The third kappa shape index (κ3) is 8.49. The van der Waals surface area contributed by atoms with Crippen molar-refractivity contribution in [3.8, 4) is 0 Å². The number of rotatable bonds is 14. The number of aliphatic hydroxyl groups is 1. The molecule has 0 aliphatic carbocycles. The van der Waals surface area contributed by atoms with Crippen molar-refractivity contribution in [2.75, 3.05) is 33.9 Å². The molecule has 3 N–H and O–H groups in total. The van der Waals surface area contributed by atoms with Crippen LogP contribution in [0.1, 0.15) is 31.7 Å². The summed E-state index contributed by atoms with van der Waals surface area (Å²) in [5, 5.41) is 12.1. The molecule has 0 fully saturated rings. The molecule has 0 heterocycles. The van der Waals surface area contributed by atoms with Crippen molar-refractivity contribution < 1.29 is 23.9 Å². The maximum absolute atomic E-state index is 13.1. The SMILES string of the molecule is CCCCON/C(=C(\NCc1ccc(F)cc1)C(=O)N(C)CCCO)N(C)C=O. The van der Waals surface area contributed by atoms with Gasteiger partial charge in [-0.2, -0.15) is 0 Å². The van der Waals surface area contributed by atoms with Gasteiger partial charge in [0.2, 0.25) is 6.41 Å². The first kappa shape index (κ1) is 24.4. The number of carbonyl (C=O) groups excluding carboxylic acids is 2. The Bertz CT molecular complexity index is 667. The Morgan fingerprint density at radius 3 is 2.52 bits per heavy atom. The first-order valence-electron chi connectivity index (χ1n) is 9.59. The van der Waals surface area contributed by atoms with Gasteiger partial charge in [-0.1, -0.05) is 25.5 Å². The summed E-state index contributed by atoms with van der Waals surface area (Å²) in [5.74, 6) is -0.563. The molecule has 0 atom stereocenters. The van der Waals surface area contributed by atoms with E-state index >= 15 is 0 Å². The summed E-state index contributed by atoms with van der Waals surface area (Å²) in [6, 6.07) is 5.88. The topological polar surface area (TPSA) is 94.1 Å². The molecule has 0 aromatic heterocycles. The van der Waals surface area contributed by atoms with Crippen molar-refractivity contribution in [1.29, 1.82) is 0 Å². The summed E-state index contributed by atoms with van der Waals surface area (Å²) < 4.78 is 13.1. The van der Waals surface area contributed by atoms with Crippen LogP contribution < -0.4 is 10.8 Å². The van der Waals surface area contributed by atoms with E-state index in [1.54, 1.807) is 19.2 Å². The normalized spacial score (nSPS) is 11.5. The number of carbonyl (C=O) groups is 2. The fourth-order valence-electron chi connectivity index (χ4n) is 2.34. The van der Waals surface area contributed by atoms with Gasteiger partial charge in [-0.3, -0.25) is 14.4 Å². The van der Waals surface area contributed by atoms with Gasteiger partial charge >= 0.3 is 0 Å². The van der Waals surface area contributed by atoms with Gasteiger partial charge in [-0.25, -0.2) is 9.87 Å². The number of nitrogens with one attached hydrogen (secondary N) is 2. The lowest BCUT2D eigenvalue weighted by molar-refractivity contribution is -0.126. The summed E-state index contributed by atoms with van der Waals surface area (Å²) in [7, 11) is 3.10. The molecule has 0 spiro atoms.